The molecule has 1 atom stereocenters. The molecule has 0 saturated heterocycles. The topological polar surface area (TPSA) is 113 Å². The molecule has 0 amide bonds. The summed E-state index contributed by atoms with van der Waals surface area (Å²) in [5, 5.41) is 13.1. The first-order chi connectivity index (χ1) is 14.3. The Morgan fingerprint density at radius 3 is 2.48 bits per heavy atom. The van der Waals surface area contributed by atoms with Gasteiger partial charge in [0.2, 0.25) is 0 Å². The lowest BCUT2D eigenvalue weighted by molar-refractivity contribution is 0.0591. The van der Waals surface area contributed by atoms with Crippen molar-refractivity contribution in [3.63, 3.8) is 0 Å². The first-order valence-electron chi connectivity index (χ1n) is 9.67. The van der Waals surface area contributed by atoms with Crippen molar-refractivity contribution >= 4 is 25.9 Å². The van der Waals surface area contributed by atoms with Crippen molar-refractivity contribution < 1.29 is 19.1 Å². The number of nitrogens with zero attached hydrogens (tertiary/aromatic N) is 3. The molecule has 0 bridgehead atoms. The Morgan fingerprint density at radius 2 is 1.94 bits per heavy atom. The summed E-state index contributed by atoms with van der Waals surface area (Å²) in [6.45, 7) is 10.6. The average Bonchev–Trinajstić information content (AvgIpc) is 2.64. The Hall–Kier alpha value is -2.27. The number of hydrogen-bond donors (Lipinski definition) is 1. The molecule has 0 fully saturated rings. The number of carboxylic acids is 1. The summed E-state index contributed by atoms with van der Waals surface area (Å²) in [6, 6.07) is 4.04. The van der Waals surface area contributed by atoms with E-state index in [1.807, 2.05) is 0 Å². The van der Waals surface area contributed by atoms with E-state index in [1.54, 1.807) is 0 Å². The smallest absolute Gasteiger partial charge is 0.352 e. The lowest BCUT2D eigenvalue weighted by Crippen LogP contribution is -2.49. The molecule has 0 aliphatic heterocycles. The monoisotopic (exact) mass is 469 g/mol. The van der Waals surface area contributed by atoms with Crippen LogP contribution in [0.1, 0.15) is 31.1 Å². The van der Waals surface area contributed by atoms with Crippen molar-refractivity contribution in [3.8, 4) is 5.69 Å². The Bertz CT molecular complexity index is 1070. The third-order valence-electron chi connectivity index (χ3n) is 5.39. The van der Waals surface area contributed by atoms with Gasteiger partial charge in [0.05, 0.1) is 35.5 Å². The van der Waals surface area contributed by atoms with Crippen LogP contribution in [0.15, 0.2) is 34.0 Å². The molecule has 31 heavy (non-hydrogen) atoms. The summed E-state index contributed by atoms with van der Waals surface area (Å²) < 4.78 is 13.6. The van der Waals surface area contributed by atoms with Gasteiger partial charge in [0.1, 0.15) is 6.20 Å². The lowest BCUT2D eigenvalue weighted by atomic mass is 10.2. The van der Waals surface area contributed by atoms with Crippen molar-refractivity contribution in [3.05, 3.63) is 55.8 Å². The van der Waals surface area contributed by atoms with Gasteiger partial charge >= 0.3 is 11.7 Å². The van der Waals surface area contributed by atoms with Crippen LogP contribution in [0.4, 0.5) is 0 Å². The van der Waals surface area contributed by atoms with Gasteiger partial charge in [0.15, 0.2) is 8.32 Å². The van der Waals surface area contributed by atoms with Gasteiger partial charge in [0, 0.05) is 7.11 Å². The quantitative estimate of drug-likeness (QED) is 0.591. The van der Waals surface area contributed by atoms with Crippen LogP contribution in [0.3, 0.4) is 0 Å². The van der Waals surface area contributed by atoms with E-state index in [4.69, 9.17) is 20.8 Å². The van der Waals surface area contributed by atoms with Crippen molar-refractivity contribution in [1.82, 2.24) is 14.3 Å². The van der Waals surface area contributed by atoms with Crippen LogP contribution < -0.4 is 11.2 Å². The molecular weight excluding hydrogens is 442 g/mol. The number of carbonyl (C=O) groups is 1. The SMILES string of the molecule is COC[C@H](Cn1c(=O)cnn(-c2ccc(Cl)c(C(=O)O)c2)c1=O)O[Si](C)(C)C(C)(C)C. The second-order valence-electron chi connectivity index (χ2n) is 8.71. The zero-order valence-electron chi connectivity index (χ0n) is 18.5. The normalized spacial score (nSPS) is 13.3. The van der Waals surface area contributed by atoms with Gasteiger partial charge < -0.3 is 14.3 Å². The molecule has 1 aromatic carbocycles. The van der Waals surface area contributed by atoms with E-state index in [-0.39, 0.29) is 34.5 Å². The molecule has 1 N–H and O–H groups in total. The Kier molecular flexibility index (Phi) is 7.64. The Balaban J connectivity index is 2.48. The lowest BCUT2D eigenvalue weighted by Gasteiger charge is -2.39. The van der Waals surface area contributed by atoms with E-state index in [0.717, 1.165) is 15.4 Å². The zero-order valence-corrected chi connectivity index (χ0v) is 20.3. The van der Waals surface area contributed by atoms with Gasteiger partial charge in [-0.05, 0) is 36.3 Å². The first kappa shape index (κ1) is 25.0. The van der Waals surface area contributed by atoms with Gasteiger partial charge in [-0.3, -0.25) is 9.36 Å². The molecule has 1 heterocycles. The second-order valence-corrected chi connectivity index (χ2v) is 13.9. The van der Waals surface area contributed by atoms with Gasteiger partial charge in [-0.1, -0.05) is 32.4 Å². The average molecular weight is 470 g/mol. The van der Waals surface area contributed by atoms with Crippen molar-refractivity contribution in [2.75, 3.05) is 13.7 Å². The summed E-state index contributed by atoms with van der Waals surface area (Å²) in [5.74, 6) is -1.24. The molecule has 11 heteroatoms. The number of carboxylic acid groups (broad SMARTS) is 1. The molecule has 9 nitrogen and oxygen atoms in total. The molecule has 1 aromatic heterocycles. The van der Waals surface area contributed by atoms with Crippen LogP contribution >= 0.6 is 11.6 Å². The summed E-state index contributed by atoms with van der Waals surface area (Å²) >= 11 is 5.91. The maximum atomic E-state index is 13.1. The summed E-state index contributed by atoms with van der Waals surface area (Å²) in [4.78, 5) is 36.9. The van der Waals surface area contributed by atoms with Crippen LogP contribution in [-0.2, 0) is 15.7 Å². The fourth-order valence-electron chi connectivity index (χ4n) is 2.70. The Labute approximate surface area is 186 Å². The molecule has 0 unspecified atom stereocenters. The van der Waals surface area contributed by atoms with Gasteiger partial charge in [-0.15, -0.1) is 0 Å². The Morgan fingerprint density at radius 1 is 1.29 bits per heavy atom. The third kappa shape index (κ3) is 5.70. The van der Waals surface area contributed by atoms with E-state index < -0.39 is 31.6 Å². The highest BCUT2D eigenvalue weighted by atomic mass is 35.5. The highest BCUT2D eigenvalue weighted by Gasteiger charge is 2.39. The van der Waals surface area contributed by atoms with Gasteiger partial charge in [-0.25, -0.2) is 9.59 Å². The number of benzene rings is 1. The highest BCUT2D eigenvalue weighted by molar-refractivity contribution is 6.74. The van der Waals surface area contributed by atoms with Crippen LogP contribution in [0, 0.1) is 0 Å². The molecule has 0 spiro atoms. The van der Waals surface area contributed by atoms with E-state index >= 15 is 0 Å². The number of methoxy groups -OCH3 is 1. The number of aromatic carboxylic acids is 1. The minimum Gasteiger partial charge on any atom is -0.478 e. The first-order valence-corrected chi connectivity index (χ1v) is 13.0. The van der Waals surface area contributed by atoms with Crippen molar-refractivity contribution in [1.29, 1.82) is 0 Å². The second kappa shape index (κ2) is 9.47. The number of rotatable bonds is 8. The minimum atomic E-state index is -2.20. The predicted molar refractivity (Wildman–Crippen MR) is 120 cm³/mol. The maximum absolute atomic E-state index is 13.1. The molecule has 0 radical (unpaired) electrons. The third-order valence-corrected chi connectivity index (χ3v) is 10.3. The molecule has 170 valence electrons. The number of hydrogen-bond acceptors (Lipinski definition) is 6. The molecule has 2 aromatic rings. The summed E-state index contributed by atoms with van der Waals surface area (Å²) in [5.41, 5.74) is -1.31. The van der Waals surface area contributed by atoms with Crippen LogP contribution in [-0.4, -0.2) is 53.6 Å². The summed E-state index contributed by atoms with van der Waals surface area (Å²) in [7, 11) is -0.673. The molecule has 0 saturated carbocycles. The van der Waals surface area contributed by atoms with Gasteiger partial charge in [-0.2, -0.15) is 9.78 Å². The van der Waals surface area contributed by atoms with E-state index in [0.29, 0.717) is 0 Å². The number of ether oxygens (including phenoxy) is 1. The molecule has 0 aliphatic carbocycles. The van der Waals surface area contributed by atoms with Gasteiger partial charge in [0.25, 0.3) is 5.56 Å². The highest BCUT2D eigenvalue weighted by Crippen LogP contribution is 2.37. The molecule has 2 rings (SSSR count). The fraction of sp³-hybridized carbons (Fsp3) is 0.500. The van der Waals surface area contributed by atoms with Crippen LogP contribution in [0.2, 0.25) is 23.2 Å². The van der Waals surface area contributed by atoms with Crippen molar-refractivity contribution in [2.45, 2.75) is 51.6 Å². The predicted octanol–water partition coefficient (Wildman–Crippen LogP) is 2.78. The maximum Gasteiger partial charge on any atom is 0.352 e. The molecule has 0 aliphatic rings. The zero-order chi connectivity index (χ0) is 23.6. The van der Waals surface area contributed by atoms with E-state index in [9.17, 15) is 19.5 Å². The van der Waals surface area contributed by atoms with Crippen LogP contribution in [0.25, 0.3) is 5.69 Å². The standard InChI is InChI=1S/C20H28ClN3O6Si/c1-20(2,3)31(5,6)30-14(12-29-4)11-23-17(25)10-22-24(19(23)28)13-7-8-16(21)15(9-13)18(26)27/h7-10,14H,11-12H2,1-6H3,(H,26,27)/t14-/m0/s1. The van der Waals surface area contributed by atoms with E-state index in [1.165, 1.54) is 25.3 Å². The van der Waals surface area contributed by atoms with Crippen LogP contribution in [0.5, 0.6) is 0 Å². The molecular formula is C20H28ClN3O6Si. The number of aromatic nitrogens is 3. The largest absolute Gasteiger partial charge is 0.478 e. The van der Waals surface area contributed by atoms with E-state index in [2.05, 4.69) is 39.0 Å². The minimum absolute atomic E-state index is 0.0279. The van der Waals surface area contributed by atoms with Crippen molar-refractivity contribution in [2.24, 2.45) is 0 Å². The fourth-order valence-corrected chi connectivity index (χ4v) is 4.22. The summed E-state index contributed by atoms with van der Waals surface area (Å²) in [6.07, 6.45) is 0.485. The number of halogens is 1.